The molecule has 44 heavy (non-hydrogen) atoms. The molecule has 0 atom stereocenters. The summed E-state index contributed by atoms with van der Waals surface area (Å²) in [5, 5.41) is 17.4. The third-order valence-corrected chi connectivity index (χ3v) is 6.92. The number of rotatable bonds is 9. The van der Waals surface area contributed by atoms with Gasteiger partial charge in [0.05, 0.1) is 35.6 Å². The van der Waals surface area contributed by atoms with Crippen molar-refractivity contribution >= 4 is 46.5 Å². The standard InChI is InChI=1S/C31H32N8O5/c1-18(2)17-44-27-12-21(8-11-25(27)39(42)43)29(40)34-23-9-6-19(3)26(13-23)38-16-22-14-33-30(36-28(22)37(5)31(38)41)35-24-10-7-20(4)32-15-24/h6-15,18H,16-17H2,1-5H3,(H,34,40)(H,33,35,36). The minimum Gasteiger partial charge on any atom is -0.487 e. The summed E-state index contributed by atoms with van der Waals surface area (Å²) in [7, 11) is 1.64. The van der Waals surface area contributed by atoms with Crippen LogP contribution in [0.2, 0.25) is 0 Å². The predicted octanol–water partition coefficient (Wildman–Crippen LogP) is 6.00. The van der Waals surface area contributed by atoms with Crippen LogP contribution < -0.4 is 25.2 Å². The lowest BCUT2D eigenvalue weighted by Gasteiger charge is -2.35. The number of nitro groups is 1. The number of hydrogen-bond donors (Lipinski definition) is 2. The first-order valence-electron chi connectivity index (χ1n) is 13.9. The third-order valence-electron chi connectivity index (χ3n) is 6.92. The Morgan fingerprint density at radius 2 is 1.84 bits per heavy atom. The van der Waals surface area contributed by atoms with Crippen molar-refractivity contribution in [2.45, 2.75) is 34.2 Å². The monoisotopic (exact) mass is 596 g/mol. The number of urea groups is 1. The lowest BCUT2D eigenvalue weighted by Crippen LogP contribution is -2.46. The van der Waals surface area contributed by atoms with Crippen molar-refractivity contribution in [2.24, 2.45) is 5.92 Å². The molecule has 1 aliphatic heterocycles. The van der Waals surface area contributed by atoms with Crippen molar-refractivity contribution in [3.05, 3.63) is 93.4 Å². The molecule has 0 spiro atoms. The van der Waals surface area contributed by atoms with Gasteiger partial charge in [0.25, 0.3) is 5.91 Å². The molecular weight excluding hydrogens is 564 g/mol. The van der Waals surface area contributed by atoms with E-state index in [-0.39, 0.29) is 42.1 Å². The summed E-state index contributed by atoms with van der Waals surface area (Å²) in [5.41, 5.74) is 4.20. The number of benzene rings is 2. The Bertz CT molecular complexity index is 1740. The second kappa shape index (κ2) is 12.3. The number of aryl methyl sites for hydroxylation is 2. The first kappa shape index (κ1) is 29.9. The highest BCUT2D eigenvalue weighted by Gasteiger charge is 2.32. The average Bonchev–Trinajstić information content (AvgIpc) is 3.00. The van der Waals surface area contributed by atoms with Crippen LogP contribution in [0.25, 0.3) is 0 Å². The van der Waals surface area contributed by atoms with Gasteiger partial charge < -0.3 is 15.4 Å². The van der Waals surface area contributed by atoms with Crippen LogP contribution in [-0.4, -0.2) is 45.5 Å². The van der Waals surface area contributed by atoms with E-state index in [1.165, 1.54) is 23.1 Å². The summed E-state index contributed by atoms with van der Waals surface area (Å²) in [6.45, 7) is 8.11. The zero-order chi connectivity index (χ0) is 31.5. The van der Waals surface area contributed by atoms with Gasteiger partial charge in [-0.1, -0.05) is 19.9 Å². The molecule has 3 heterocycles. The Hall–Kier alpha value is -5.59. The first-order valence-corrected chi connectivity index (χ1v) is 13.9. The fraction of sp³-hybridized carbons (Fsp3) is 0.258. The van der Waals surface area contributed by atoms with Crippen molar-refractivity contribution in [1.29, 1.82) is 0 Å². The minimum absolute atomic E-state index is 0.0256. The first-order chi connectivity index (χ1) is 21.0. The number of nitro benzene ring substituents is 1. The Labute approximate surface area is 254 Å². The fourth-order valence-corrected chi connectivity index (χ4v) is 4.59. The van der Waals surface area contributed by atoms with Crippen LogP contribution in [0.1, 0.15) is 41.0 Å². The molecule has 13 nitrogen and oxygen atoms in total. The van der Waals surface area contributed by atoms with Gasteiger partial charge >= 0.3 is 11.7 Å². The molecule has 0 bridgehead atoms. The largest absolute Gasteiger partial charge is 0.487 e. The van der Waals surface area contributed by atoms with E-state index in [0.29, 0.717) is 23.1 Å². The number of pyridine rings is 1. The maximum atomic E-state index is 13.5. The molecule has 5 rings (SSSR count). The highest BCUT2D eigenvalue weighted by Crippen LogP contribution is 2.34. The lowest BCUT2D eigenvalue weighted by atomic mass is 10.1. The minimum atomic E-state index is -0.543. The van der Waals surface area contributed by atoms with Gasteiger partial charge in [0.2, 0.25) is 5.95 Å². The highest BCUT2D eigenvalue weighted by molar-refractivity contribution is 6.07. The topological polar surface area (TPSA) is 156 Å². The number of carbonyl (C=O) groups is 2. The van der Waals surface area contributed by atoms with Crippen LogP contribution in [0.5, 0.6) is 5.75 Å². The van der Waals surface area contributed by atoms with E-state index in [0.717, 1.165) is 22.5 Å². The number of hydrogen-bond acceptors (Lipinski definition) is 9. The quantitative estimate of drug-likeness (QED) is 0.175. The number of ether oxygens (including phenoxy) is 1. The molecule has 3 amide bonds. The van der Waals surface area contributed by atoms with Gasteiger partial charge in [0, 0.05) is 47.9 Å². The van der Waals surface area contributed by atoms with E-state index >= 15 is 0 Å². The number of anilines is 5. The predicted molar refractivity (Wildman–Crippen MR) is 167 cm³/mol. The fourth-order valence-electron chi connectivity index (χ4n) is 4.59. The highest BCUT2D eigenvalue weighted by atomic mass is 16.6. The van der Waals surface area contributed by atoms with E-state index in [1.807, 2.05) is 39.8 Å². The molecule has 13 heteroatoms. The van der Waals surface area contributed by atoms with Crippen LogP contribution in [0.3, 0.4) is 0 Å². The van der Waals surface area contributed by atoms with Crippen LogP contribution in [0.4, 0.5) is 39.3 Å². The second-order valence-corrected chi connectivity index (χ2v) is 10.9. The molecule has 4 aromatic rings. The molecule has 0 radical (unpaired) electrons. The van der Waals surface area contributed by atoms with E-state index in [4.69, 9.17) is 4.74 Å². The van der Waals surface area contributed by atoms with Gasteiger partial charge in [-0.2, -0.15) is 4.98 Å². The summed E-state index contributed by atoms with van der Waals surface area (Å²) in [6, 6.07) is 12.7. The molecule has 1 aliphatic rings. The summed E-state index contributed by atoms with van der Waals surface area (Å²) in [6.07, 6.45) is 3.36. The van der Waals surface area contributed by atoms with E-state index in [9.17, 15) is 19.7 Å². The SMILES string of the molecule is Cc1ccc(Nc2ncc3c(n2)N(C)C(=O)N(c2cc(NC(=O)c4ccc([N+](=O)[O-])c(OCC(C)C)c4)ccc2C)C3)cn1. The number of nitrogens with zero attached hydrogens (tertiary/aromatic N) is 6. The Balaban J connectivity index is 1.36. The molecule has 2 aromatic heterocycles. The second-order valence-electron chi connectivity index (χ2n) is 10.9. The summed E-state index contributed by atoms with van der Waals surface area (Å²) < 4.78 is 5.62. The zero-order valence-corrected chi connectivity index (χ0v) is 25.0. The Morgan fingerprint density at radius 3 is 2.55 bits per heavy atom. The van der Waals surface area contributed by atoms with Crippen LogP contribution >= 0.6 is 0 Å². The maximum absolute atomic E-state index is 13.5. The number of amides is 3. The van der Waals surface area contributed by atoms with Crippen LogP contribution in [0, 0.1) is 29.9 Å². The molecule has 2 N–H and O–H groups in total. The van der Waals surface area contributed by atoms with Gasteiger partial charge in [-0.25, -0.2) is 9.78 Å². The maximum Gasteiger partial charge on any atom is 0.330 e. The van der Waals surface area contributed by atoms with Crippen molar-refractivity contribution in [3.8, 4) is 5.75 Å². The van der Waals surface area contributed by atoms with Gasteiger partial charge in [-0.15, -0.1) is 0 Å². The molecule has 0 saturated carbocycles. The van der Waals surface area contributed by atoms with E-state index < -0.39 is 10.8 Å². The lowest BCUT2D eigenvalue weighted by molar-refractivity contribution is -0.385. The Kier molecular flexibility index (Phi) is 8.38. The molecule has 0 fully saturated rings. The smallest absolute Gasteiger partial charge is 0.330 e. The van der Waals surface area contributed by atoms with Crippen molar-refractivity contribution in [2.75, 3.05) is 34.1 Å². The molecule has 0 aliphatic carbocycles. The average molecular weight is 597 g/mol. The summed E-state index contributed by atoms with van der Waals surface area (Å²) in [5.74, 6) is 0.515. The molecule has 0 saturated heterocycles. The van der Waals surface area contributed by atoms with E-state index in [2.05, 4.69) is 25.6 Å². The van der Waals surface area contributed by atoms with E-state index in [1.54, 1.807) is 42.5 Å². The molecular formula is C31H32N8O5. The molecule has 0 unspecified atom stereocenters. The van der Waals surface area contributed by atoms with Crippen molar-refractivity contribution in [3.63, 3.8) is 0 Å². The van der Waals surface area contributed by atoms with Gasteiger partial charge in [-0.3, -0.25) is 29.7 Å². The third kappa shape index (κ3) is 6.41. The molecule has 226 valence electrons. The van der Waals surface area contributed by atoms with Crippen LogP contribution in [0.15, 0.2) is 60.9 Å². The normalized spacial score (nSPS) is 12.6. The number of aromatic nitrogens is 3. The van der Waals surface area contributed by atoms with Gasteiger partial charge in [0.1, 0.15) is 5.82 Å². The Morgan fingerprint density at radius 1 is 1.07 bits per heavy atom. The zero-order valence-electron chi connectivity index (χ0n) is 25.0. The van der Waals surface area contributed by atoms with Crippen molar-refractivity contribution in [1.82, 2.24) is 15.0 Å². The summed E-state index contributed by atoms with van der Waals surface area (Å²) in [4.78, 5) is 53.9. The number of fused-ring (bicyclic) bond motifs is 1. The number of nitrogens with one attached hydrogen (secondary N) is 2. The van der Waals surface area contributed by atoms with Crippen molar-refractivity contribution < 1.29 is 19.2 Å². The summed E-state index contributed by atoms with van der Waals surface area (Å²) >= 11 is 0. The molecule has 2 aromatic carbocycles. The van der Waals surface area contributed by atoms with Gasteiger partial charge in [0.15, 0.2) is 5.75 Å². The number of carbonyl (C=O) groups excluding carboxylic acids is 2. The van der Waals surface area contributed by atoms with Gasteiger partial charge in [-0.05, 0) is 55.7 Å². The van der Waals surface area contributed by atoms with Crippen LogP contribution in [-0.2, 0) is 6.54 Å².